The van der Waals surface area contributed by atoms with E-state index >= 15 is 0 Å². The fourth-order valence-corrected chi connectivity index (χ4v) is 1.52. The van der Waals surface area contributed by atoms with Gasteiger partial charge in [0.2, 0.25) is 0 Å². The van der Waals surface area contributed by atoms with E-state index in [-0.39, 0.29) is 12.5 Å². The Morgan fingerprint density at radius 1 is 1.56 bits per heavy atom. The number of carbonyl (C=O) groups is 2. The third-order valence-electron chi connectivity index (χ3n) is 2.13. The van der Waals surface area contributed by atoms with E-state index in [0.29, 0.717) is 35.6 Å². The molecule has 0 saturated heterocycles. The molecule has 1 N–H and O–H groups in total. The van der Waals surface area contributed by atoms with E-state index in [1.807, 2.05) is 6.92 Å². The van der Waals surface area contributed by atoms with Crippen LogP contribution in [-0.2, 0) is 4.79 Å². The molecule has 1 aliphatic heterocycles. The molecule has 1 heterocycles. The first-order chi connectivity index (χ1) is 7.74. The normalized spacial score (nSPS) is 13.4. The summed E-state index contributed by atoms with van der Waals surface area (Å²) >= 11 is 0. The zero-order valence-electron chi connectivity index (χ0n) is 8.78. The van der Waals surface area contributed by atoms with Crippen LogP contribution in [0.5, 0.6) is 11.5 Å². The van der Waals surface area contributed by atoms with Crippen LogP contribution in [0.4, 0.5) is 5.69 Å². The lowest BCUT2D eigenvalue weighted by molar-refractivity contribution is -0.118. The average molecular weight is 221 g/mol. The standard InChI is InChI=1S/C11H11NO4/c1-2-15-9-4-7(5-13)3-8-11(9)16-6-10(14)12-8/h3-5H,2,6H2,1H3,(H,12,14). The van der Waals surface area contributed by atoms with Gasteiger partial charge in [0.15, 0.2) is 18.1 Å². The van der Waals surface area contributed by atoms with Gasteiger partial charge in [-0.25, -0.2) is 0 Å². The Hall–Kier alpha value is -2.04. The Morgan fingerprint density at radius 2 is 2.38 bits per heavy atom. The number of aldehydes is 1. The number of benzene rings is 1. The third-order valence-corrected chi connectivity index (χ3v) is 2.13. The molecule has 2 rings (SSSR count). The van der Waals surface area contributed by atoms with Gasteiger partial charge in [-0.1, -0.05) is 0 Å². The maximum atomic E-state index is 11.1. The zero-order chi connectivity index (χ0) is 11.5. The van der Waals surface area contributed by atoms with Gasteiger partial charge in [0, 0.05) is 5.56 Å². The van der Waals surface area contributed by atoms with Gasteiger partial charge >= 0.3 is 0 Å². The lowest BCUT2D eigenvalue weighted by atomic mass is 10.1. The number of anilines is 1. The fraction of sp³-hybridized carbons (Fsp3) is 0.273. The summed E-state index contributed by atoms with van der Waals surface area (Å²) in [7, 11) is 0. The second-order valence-corrected chi connectivity index (χ2v) is 3.28. The molecule has 1 aromatic rings. The van der Waals surface area contributed by atoms with Crippen molar-refractivity contribution in [1.29, 1.82) is 0 Å². The molecule has 0 spiro atoms. The van der Waals surface area contributed by atoms with Gasteiger partial charge in [0.1, 0.15) is 6.29 Å². The Labute approximate surface area is 92.4 Å². The van der Waals surface area contributed by atoms with E-state index < -0.39 is 0 Å². The SMILES string of the molecule is CCOc1cc(C=O)cc2c1OCC(=O)N2. The van der Waals surface area contributed by atoms with E-state index in [1.165, 1.54) is 0 Å². The van der Waals surface area contributed by atoms with Crippen molar-refractivity contribution in [3.05, 3.63) is 17.7 Å². The molecular formula is C11H11NO4. The molecular weight excluding hydrogens is 210 g/mol. The summed E-state index contributed by atoms with van der Waals surface area (Å²) in [6, 6.07) is 3.15. The maximum Gasteiger partial charge on any atom is 0.262 e. The van der Waals surface area contributed by atoms with E-state index in [4.69, 9.17) is 9.47 Å². The topological polar surface area (TPSA) is 64.6 Å². The molecule has 16 heavy (non-hydrogen) atoms. The highest BCUT2D eigenvalue weighted by atomic mass is 16.5. The van der Waals surface area contributed by atoms with Crippen molar-refractivity contribution < 1.29 is 19.1 Å². The number of rotatable bonds is 3. The summed E-state index contributed by atoms with van der Waals surface area (Å²) in [4.78, 5) is 21.9. The van der Waals surface area contributed by atoms with Crippen LogP contribution in [0.25, 0.3) is 0 Å². The molecule has 0 aromatic heterocycles. The van der Waals surface area contributed by atoms with E-state index in [0.717, 1.165) is 0 Å². The van der Waals surface area contributed by atoms with Crippen LogP contribution in [0.2, 0.25) is 0 Å². The summed E-state index contributed by atoms with van der Waals surface area (Å²) < 4.78 is 10.6. The fourth-order valence-electron chi connectivity index (χ4n) is 1.52. The van der Waals surface area contributed by atoms with Crippen LogP contribution in [0, 0.1) is 0 Å². The van der Waals surface area contributed by atoms with Gasteiger partial charge in [0.05, 0.1) is 12.3 Å². The first kappa shape index (κ1) is 10.5. The molecule has 5 nitrogen and oxygen atoms in total. The molecule has 0 saturated carbocycles. The minimum absolute atomic E-state index is 0.0342. The molecule has 1 aromatic carbocycles. The minimum atomic E-state index is -0.238. The van der Waals surface area contributed by atoms with Crippen molar-refractivity contribution in [2.24, 2.45) is 0 Å². The van der Waals surface area contributed by atoms with Crippen LogP contribution >= 0.6 is 0 Å². The van der Waals surface area contributed by atoms with Crippen molar-refractivity contribution in [3.8, 4) is 11.5 Å². The molecule has 0 radical (unpaired) electrons. The zero-order valence-corrected chi connectivity index (χ0v) is 8.78. The lowest BCUT2D eigenvalue weighted by Gasteiger charge is -2.20. The lowest BCUT2D eigenvalue weighted by Crippen LogP contribution is -2.25. The quantitative estimate of drug-likeness (QED) is 0.779. The summed E-state index contributed by atoms with van der Waals surface area (Å²) in [6.07, 6.45) is 0.698. The number of nitrogens with one attached hydrogen (secondary N) is 1. The maximum absolute atomic E-state index is 11.1. The number of hydrogen-bond donors (Lipinski definition) is 1. The molecule has 5 heteroatoms. The van der Waals surface area contributed by atoms with Crippen molar-refractivity contribution >= 4 is 17.9 Å². The molecule has 0 aliphatic carbocycles. The number of amides is 1. The number of ether oxygens (including phenoxy) is 2. The molecule has 0 bridgehead atoms. The van der Waals surface area contributed by atoms with Gasteiger partial charge < -0.3 is 14.8 Å². The van der Waals surface area contributed by atoms with Gasteiger partial charge in [0.25, 0.3) is 5.91 Å². The van der Waals surface area contributed by atoms with E-state index in [9.17, 15) is 9.59 Å². The van der Waals surface area contributed by atoms with E-state index in [1.54, 1.807) is 12.1 Å². The predicted octanol–water partition coefficient (Wildman–Crippen LogP) is 1.23. The number of carbonyl (C=O) groups excluding carboxylic acids is 2. The highest BCUT2D eigenvalue weighted by molar-refractivity contribution is 5.97. The van der Waals surface area contributed by atoms with Crippen molar-refractivity contribution in [2.75, 3.05) is 18.5 Å². The second kappa shape index (κ2) is 4.22. The van der Waals surface area contributed by atoms with Crippen LogP contribution in [0.15, 0.2) is 12.1 Å². The summed E-state index contributed by atoms with van der Waals surface area (Å²) in [6.45, 7) is 2.26. The molecule has 0 unspecified atom stereocenters. The van der Waals surface area contributed by atoms with Crippen molar-refractivity contribution in [3.63, 3.8) is 0 Å². The average Bonchev–Trinajstić information content (AvgIpc) is 2.28. The minimum Gasteiger partial charge on any atom is -0.490 e. The monoisotopic (exact) mass is 221 g/mol. The van der Waals surface area contributed by atoms with E-state index in [2.05, 4.69) is 5.32 Å². The van der Waals surface area contributed by atoms with Crippen LogP contribution in [-0.4, -0.2) is 25.4 Å². The molecule has 84 valence electrons. The Balaban J connectivity index is 2.48. The summed E-state index contributed by atoms with van der Waals surface area (Å²) in [5.74, 6) is 0.715. The van der Waals surface area contributed by atoms with Gasteiger partial charge in [-0.2, -0.15) is 0 Å². The Morgan fingerprint density at radius 3 is 3.06 bits per heavy atom. The van der Waals surface area contributed by atoms with Crippen LogP contribution in [0.3, 0.4) is 0 Å². The molecule has 1 aliphatic rings. The first-order valence-corrected chi connectivity index (χ1v) is 4.93. The predicted molar refractivity (Wildman–Crippen MR) is 57.1 cm³/mol. The highest BCUT2D eigenvalue weighted by Crippen LogP contribution is 2.38. The van der Waals surface area contributed by atoms with Crippen molar-refractivity contribution in [2.45, 2.75) is 6.92 Å². The second-order valence-electron chi connectivity index (χ2n) is 3.28. The number of hydrogen-bond acceptors (Lipinski definition) is 4. The van der Waals surface area contributed by atoms with Crippen LogP contribution < -0.4 is 14.8 Å². The molecule has 1 amide bonds. The molecule has 0 atom stereocenters. The Kier molecular flexibility index (Phi) is 2.76. The molecule has 0 fully saturated rings. The van der Waals surface area contributed by atoms with Crippen molar-refractivity contribution in [1.82, 2.24) is 0 Å². The summed E-state index contributed by atoms with van der Waals surface area (Å²) in [5.41, 5.74) is 0.914. The van der Waals surface area contributed by atoms with Crippen LogP contribution in [0.1, 0.15) is 17.3 Å². The third kappa shape index (κ3) is 1.84. The smallest absolute Gasteiger partial charge is 0.262 e. The highest BCUT2D eigenvalue weighted by Gasteiger charge is 2.21. The Bertz CT molecular complexity index is 442. The summed E-state index contributed by atoms with van der Waals surface area (Å²) in [5, 5.41) is 2.63. The number of fused-ring (bicyclic) bond motifs is 1. The van der Waals surface area contributed by atoms with Gasteiger partial charge in [-0.3, -0.25) is 9.59 Å². The largest absolute Gasteiger partial charge is 0.490 e. The van der Waals surface area contributed by atoms with Gasteiger partial charge in [-0.05, 0) is 19.1 Å². The first-order valence-electron chi connectivity index (χ1n) is 4.93. The van der Waals surface area contributed by atoms with Gasteiger partial charge in [-0.15, -0.1) is 0 Å².